The number of esters is 1. The van der Waals surface area contributed by atoms with Crippen LogP contribution in [0, 0.1) is 0 Å². The molecule has 8 heteroatoms. The van der Waals surface area contributed by atoms with Crippen LogP contribution in [0.25, 0.3) is 0 Å². The molecule has 0 radical (unpaired) electrons. The third kappa shape index (κ3) is 13.7. The lowest BCUT2D eigenvalue weighted by atomic mass is 10.1. The average molecular weight is 318 g/mol. The topological polar surface area (TPSA) is 96.9 Å². The second-order valence-electron chi connectivity index (χ2n) is 3.86. The summed E-state index contributed by atoms with van der Waals surface area (Å²) in [6, 6.07) is -0.481. The Labute approximate surface area is 127 Å². The van der Waals surface area contributed by atoms with Crippen molar-refractivity contribution in [1.29, 1.82) is 0 Å². The highest BCUT2D eigenvalue weighted by atomic mass is 35.5. The maximum absolute atomic E-state index is 11.2. The van der Waals surface area contributed by atoms with Gasteiger partial charge in [-0.3, -0.25) is 4.79 Å². The number of oxime groups is 1. The summed E-state index contributed by atoms with van der Waals surface area (Å²) in [4.78, 5) is 11.2. The second-order valence-corrected chi connectivity index (χ2v) is 3.86. The van der Waals surface area contributed by atoms with Crippen LogP contribution in [0.1, 0.15) is 33.1 Å². The lowest BCUT2D eigenvalue weighted by molar-refractivity contribution is -0.144. The van der Waals surface area contributed by atoms with Gasteiger partial charge >= 0.3 is 5.97 Å². The van der Waals surface area contributed by atoms with Crippen molar-refractivity contribution < 1.29 is 14.7 Å². The third-order valence-corrected chi connectivity index (χ3v) is 2.29. The Balaban J connectivity index is -0.00000128. The molecule has 1 unspecified atom stereocenters. The van der Waals surface area contributed by atoms with Crippen LogP contribution in [-0.2, 0) is 9.53 Å². The molecule has 0 rings (SSSR count). The van der Waals surface area contributed by atoms with Crippen LogP contribution < -0.4 is 11.1 Å². The smallest absolute Gasteiger partial charge is 0.322 e. The van der Waals surface area contributed by atoms with Gasteiger partial charge < -0.3 is 21.0 Å². The van der Waals surface area contributed by atoms with E-state index < -0.39 is 6.04 Å². The summed E-state index contributed by atoms with van der Waals surface area (Å²) < 4.78 is 4.81. The lowest BCUT2D eigenvalue weighted by Gasteiger charge is -2.11. The van der Waals surface area contributed by atoms with Gasteiger partial charge in [0, 0.05) is 6.04 Å². The molecule has 0 saturated heterocycles. The van der Waals surface area contributed by atoms with Gasteiger partial charge in [0.05, 0.1) is 12.8 Å². The Morgan fingerprint density at radius 1 is 1.47 bits per heavy atom. The monoisotopic (exact) mass is 317 g/mol. The van der Waals surface area contributed by atoms with Crippen LogP contribution in [0.4, 0.5) is 0 Å². The van der Waals surface area contributed by atoms with Crippen LogP contribution in [0.5, 0.6) is 0 Å². The van der Waals surface area contributed by atoms with Crippen LogP contribution in [0.2, 0.25) is 0 Å². The summed E-state index contributed by atoms with van der Waals surface area (Å²) in [5, 5.41) is 14.4. The van der Waals surface area contributed by atoms with Crippen molar-refractivity contribution in [3.05, 3.63) is 0 Å². The summed E-state index contributed by atoms with van der Waals surface area (Å²) in [6.07, 6.45) is 3.82. The average Bonchev–Trinajstić information content (AvgIpc) is 2.29. The molecule has 0 aliphatic carbocycles. The number of nitrogens with zero attached hydrogens (tertiary/aromatic N) is 1. The van der Waals surface area contributed by atoms with E-state index >= 15 is 0 Å². The van der Waals surface area contributed by atoms with Gasteiger partial charge in [-0.05, 0) is 33.2 Å². The van der Waals surface area contributed by atoms with Crippen molar-refractivity contribution in [2.24, 2.45) is 10.9 Å². The minimum Gasteiger partial charge on any atom is -0.465 e. The molecule has 0 aromatic carbocycles. The number of unbranched alkanes of at least 4 members (excludes halogenated alkanes) is 1. The first-order chi connectivity index (χ1) is 8.11. The molecule has 4 N–H and O–H groups in total. The van der Waals surface area contributed by atoms with E-state index in [9.17, 15) is 4.79 Å². The summed E-state index contributed by atoms with van der Waals surface area (Å²) in [6.45, 7) is 4.82. The van der Waals surface area contributed by atoms with E-state index in [1.54, 1.807) is 6.92 Å². The standard InChI is InChI=1S/C11H23N3O3.2ClH/c1-3-17-11(15)10(12)6-4-5-7-13-9(2)8-14-16;;/h8-10,13,16H,3-7,12H2,1-2H3;2*1H/b14-8-;;/t9?,10-;;/m0../s1. The Kier molecular flexibility index (Phi) is 19.2. The molecule has 0 aliphatic heterocycles. The van der Waals surface area contributed by atoms with E-state index in [4.69, 9.17) is 15.7 Å². The molecule has 0 bridgehead atoms. The van der Waals surface area contributed by atoms with E-state index in [1.807, 2.05) is 6.92 Å². The predicted molar refractivity (Wildman–Crippen MR) is 80.7 cm³/mol. The summed E-state index contributed by atoms with van der Waals surface area (Å²) in [5.41, 5.74) is 5.64. The van der Waals surface area contributed by atoms with Gasteiger partial charge in [0.1, 0.15) is 6.04 Å². The number of carbonyl (C=O) groups is 1. The molecular formula is C11H25Cl2N3O3. The molecule has 0 aromatic heterocycles. The van der Waals surface area contributed by atoms with E-state index in [1.165, 1.54) is 6.21 Å². The van der Waals surface area contributed by atoms with Gasteiger partial charge in [0.2, 0.25) is 0 Å². The van der Waals surface area contributed by atoms with E-state index in [2.05, 4.69) is 10.5 Å². The number of hydrogen-bond donors (Lipinski definition) is 3. The van der Waals surface area contributed by atoms with Gasteiger partial charge in [0.15, 0.2) is 0 Å². The van der Waals surface area contributed by atoms with Gasteiger partial charge in [-0.15, -0.1) is 30.0 Å². The van der Waals surface area contributed by atoms with Crippen molar-refractivity contribution >= 4 is 37.0 Å². The first-order valence-corrected chi connectivity index (χ1v) is 5.95. The highest BCUT2D eigenvalue weighted by Gasteiger charge is 2.13. The first-order valence-electron chi connectivity index (χ1n) is 5.95. The van der Waals surface area contributed by atoms with Crippen LogP contribution >= 0.6 is 24.8 Å². The molecule has 0 spiro atoms. The molecule has 0 heterocycles. The third-order valence-electron chi connectivity index (χ3n) is 2.29. The van der Waals surface area contributed by atoms with Gasteiger partial charge in [-0.1, -0.05) is 6.42 Å². The number of ether oxygens (including phenoxy) is 1. The zero-order valence-corrected chi connectivity index (χ0v) is 13.0. The van der Waals surface area contributed by atoms with E-state index in [-0.39, 0.29) is 36.8 Å². The lowest BCUT2D eigenvalue weighted by Crippen LogP contribution is -2.32. The van der Waals surface area contributed by atoms with Crippen molar-refractivity contribution in [2.45, 2.75) is 45.2 Å². The molecule has 0 fully saturated rings. The van der Waals surface area contributed by atoms with E-state index in [0.717, 1.165) is 19.4 Å². The molecule has 116 valence electrons. The number of nitrogens with one attached hydrogen (secondary N) is 1. The van der Waals surface area contributed by atoms with Crippen molar-refractivity contribution in [3.8, 4) is 0 Å². The summed E-state index contributed by atoms with van der Waals surface area (Å²) in [5.74, 6) is -0.332. The Bertz CT molecular complexity index is 243. The quantitative estimate of drug-likeness (QED) is 0.196. The number of nitrogens with two attached hydrogens (primary N) is 1. The normalized spacial score (nSPS) is 13.2. The largest absolute Gasteiger partial charge is 0.465 e. The SMILES string of the molecule is CCOC(=O)[C@@H](N)CCCCNC(C)/C=N\O.Cl.Cl. The number of carbonyl (C=O) groups excluding carboxylic acids is 1. The highest BCUT2D eigenvalue weighted by Crippen LogP contribution is 2.00. The minimum absolute atomic E-state index is 0. The van der Waals surface area contributed by atoms with E-state index in [0.29, 0.717) is 13.0 Å². The maximum atomic E-state index is 11.2. The molecular weight excluding hydrogens is 293 g/mol. The fourth-order valence-electron chi connectivity index (χ4n) is 1.34. The summed E-state index contributed by atoms with van der Waals surface area (Å²) >= 11 is 0. The van der Waals surface area contributed by atoms with Crippen molar-refractivity contribution in [2.75, 3.05) is 13.2 Å². The van der Waals surface area contributed by atoms with Crippen LogP contribution in [0.3, 0.4) is 0 Å². The number of rotatable bonds is 9. The molecule has 0 aromatic rings. The molecule has 19 heavy (non-hydrogen) atoms. The molecule has 0 saturated carbocycles. The van der Waals surface area contributed by atoms with Crippen LogP contribution in [-0.4, -0.2) is 42.6 Å². The second kappa shape index (κ2) is 15.5. The zero-order valence-electron chi connectivity index (χ0n) is 11.4. The summed E-state index contributed by atoms with van der Waals surface area (Å²) in [7, 11) is 0. The Morgan fingerprint density at radius 2 is 2.11 bits per heavy atom. The zero-order chi connectivity index (χ0) is 13.1. The predicted octanol–water partition coefficient (Wildman–Crippen LogP) is 1.33. The molecule has 0 aliphatic rings. The molecule has 6 nitrogen and oxygen atoms in total. The molecule has 0 amide bonds. The fourth-order valence-corrected chi connectivity index (χ4v) is 1.34. The molecule has 2 atom stereocenters. The van der Waals surface area contributed by atoms with Gasteiger partial charge in [-0.25, -0.2) is 0 Å². The number of halogens is 2. The van der Waals surface area contributed by atoms with Gasteiger partial charge in [0.25, 0.3) is 0 Å². The highest BCUT2D eigenvalue weighted by molar-refractivity contribution is 5.85. The van der Waals surface area contributed by atoms with Gasteiger partial charge in [-0.2, -0.15) is 0 Å². The van der Waals surface area contributed by atoms with Crippen LogP contribution in [0.15, 0.2) is 5.16 Å². The first kappa shape index (κ1) is 23.5. The Hall–Kier alpha value is -0.560. The number of hydrogen-bond acceptors (Lipinski definition) is 6. The van der Waals surface area contributed by atoms with Crippen molar-refractivity contribution in [3.63, 3.8) is 0 Å². The Morgan fingerprint density at radius 3 is 2.63 bits per heavy atom. The van der Waals surface area contributed by atoms with Crippen molar-refractivity contribution in [1.82, 2.24) is 5.32 Å². The maximum Gasteiger partial charge on any atom is 0.322 e. The minimum atomic E-state index is -0.522. The fraction of sp³-hybridized carbons (Fsp3) is 0.818.